The molecule has 1 aliphatic heterocycles. The Morgan fingerprint density at radius 3 is 2.82 bits per heavy atom. The minimum Gasteiger partial charge on any atom is -0.489 e. The minimum absolute atomic E-state index is 0.501. The smallest absolute Gasteiger partial charge is 0.171 e. The van der Waals surface area contributed by atoms with Crippen molar-refractivity contribution in [1.82, 2.24) is 5.48 Å². The molecule has 0 spiro atoms. The van der Waals surface area contributed by atoms with Crippen molar-refractivity contribution in [3.63, 3.8) is 0 Å². The number of ether oxygens (including phenoxy) is 2. The average molecular weight is 237 g/mol. The molecule has 0 saturated heterocycles. The highest BCUT2D eigenvalue weighted by atomic mass is 16.6. The molecule has 0 atom stereocenters. The number of carbonyl (C=O) groups is 1. The van der Waals surface area contributed by atoms with Crippen LogP contribution in [0, 0.1) is 0 Å². The predicted molar refractivity (Wildman–Crippen MR) is 61.3 cm³/mol. The highest BCUT2D eigenvalue weighted by Crippen LogP contribution is 2.36. The molecule has 0 aromatic heterocycles. The van der Waals surface area contributed by atoms with Gasteiger partial charge in [-0.25, -0.2) is 0 Å². The summed E-state index contributed by atoms with van der Waals surface area (Å²) in [5.41, 5.74) is 4.18. The molecule has 0 fully saturated rings. The van der Waals surface area contributed by atoms with Crippen molar-refractivity contribution in [3.8, 4) is 11.5 Å². The first-order valence-electron chi connectivity index (χ1n) is 5.49. The van der Waals surface area contributed by atoms with Crippen LogP contribution in [0.25, 0.3) is 0 Å². The zero-order chi connectivity index (χ0) is 12.1. The summed E-state index contributed by atoms with van der Waals surface area (Å²) in [7, 11) is 1.55. The third-order valence-corrected chi connectivity index (χ3v) is 2.54. The lowest BCUT2D eigenvalue weighted by atomic mass is 10.1. The molecule has 1 heterocycles. The van der Waals surface area contributed by atoms with Crippen molar-refractivity contribution in [2.24, 2.45) is 0 Å². The van der Waals surface area contributed by atoms with Gasteiger partial charge in [0.25, 0.3) is 0 Å². The number of hydrogen-bond donors (Lipinski definition) is 1. The van der Waals surface area contributed by atoms with Crippen molar-refractivity contribution in [1.29, 1.82) is 0 Å². The highest BCUT2D eigenvalue weighted by molar-refractivity contribution is 5.81. The van der Waals surface area contributed by atoms with Gasteiger partial charge in [0, 0.05) is 18.5 Å². The molecule has 0 aliphatic carbocycles. The van der Waals surface area contributed by atoms with Gasteiger partial charge in [0.05, 0.1) is 25.9 Å². The first kappa shape index (κ1) is 11.9. The Hall–Kier alpha value is -1.59. The quantitative estimate of drug-likeness (QED) is 0.632. The van der Waals surface area contributed by atoms with Crippen LogP contribution in [0.15, 0.2) is 12.1 Å². The lowest BCUT2D eigenvalue weighted by Crippen LogP contribution is -2.12. The molecule has 5 heteroatoms. The second-order valence-electron chi connectivity index (χ2n) is 3.67. The van der Waals surface area contributed by atoms with Gasteiger partial charge in [-0.05, 0) is 6.07 Å². The minimum atomic E-state index is 0.501. The van der Waals surface area contributed by atoms with Crippen molar-refractivity contribution in [2.45, 2.75) is 13.0 Å². The van der Waals surface area contributed by atoms with Crippen LogP contribution in [0.4, 0.5) is 0 Å². The lowest BCUT2D eigenvalue weighted by molar-refractivity contribution is 0.0859. The van der Waals surface area contributed by atoms with E-state index < -0.39 is 0 Å². The number of aldehydes is 1. The van der Waals surface area contributed by atoms with E-state index in [1.807, 2.05) is 6.07 Å². The topological polar surface area (TPSA) is 56.8 Å². The molecular formula is C12H15NO4. The Balaban J connectivity index is 2.37. The fraction of sp³-hybridized carbons (Fsp3) is 0.417. The summed E-state index contributed by atoms with van der Waals surface area (Å²) in [5, 5.41) is 0. The molecular weight excluding hydrogens is 222 g/mol. The Bertz CT molecular complexity index is 406. The van der Waals surface area contributed by atoms with E-state index in [0.29, 0.717) is 36.8 Å². The Labute approximate surface area is 99.6 Å². The number of carbonyl (C=O) groups excluding carboxylic acids is 1. The zero-order valence-corrected chi connectivity index (χ0v) is 9.69. The van der Waals surface area contributed by atoms with Crippen LogP contribution in [0.2, 0.25) is 0 Å². The van der Waals surface area contributed by atoms with Crippen LogP contribution in [0.1, 0.15) is 22.3 Å². The number of nitrogens with one attached hydrogen (secondary N) is 1. The van der Waals surface area contributed by atoms with Gasteiger partial charge in [0.15, 0.2) is 17.8 Å². The van der Waals surface area contributed by atoms with E-state index in [1.54, 1.807) is 13.2 Å². The van der Waals surface area contributed by atoms with Crippen molar-refractivity contribution >= 4 is 6.29 Å². The van der Waals surface area contributed by atoms with Gasteiger partial charge in [-0.2, -0.15) is 5.48 Å². The molecule has 2 rings (SSSR count). The van der Waals surface area contributed by atoms with Crippen LogP contribution >= 0.6 is 0 Å². The van der Waals surface area contributed by atoms with Crippen molar-refractivity contribution < 1.29 is 19.1 Å². The first-order chi connectivity index (χ1) is 8.36. The number of hydrogen-bond acceptors (Lipinski definition) is 5. The summed E-state index contributed by atoms with van der Waals surface area (Å²) in [6.07, 6.45) is 1.59. The van der Waals surface area contributed by atoms with Gasteiger partial charge in [-0.15, -0.1) is 0 Å². The molecule has 0 unspecified atom stereocenters. The third-order valence-electron chi connectivity index (χ3n) is 2.54. The summed E-state index contributed by atoms with van der Waals surface area (Å²) >= 11 is 0. The summed E-state index contributed by atoms with van der Waals surface area (Å²) in [6, 6.07) is 3.57. The van der Waals surface area contributed by atoms with Gasteiger partial charge in [0.2, 0.25) is 0 Å². The maximum absolute atomic E-state index is 10.9. The van der Waals surface area contributed by atoms with Crippen LogP contribution in [-0.4, -0.2) is 26.6 Å². The number of hydroxylamine groups is 1. The standard InChI is InChI=1S/C12H15NO4/c1-15-13-7-9-3-4-10(8-14)12-11(9)16-5-2-6-17-12/h3-4,8,13H,2,5-7H2,1H3. The zero-order valence-electron chi connectivity index (χ0n) is 9.69. The molecule has 92 valence electrons. The number of rotatable bonds is 4. The summed E-state index contributed by atoms with van der Waals surface area (Å²) in [6.45, 7) is 1.66. The Morgan fingerprint density at radius 2 is 2.12 bits per heavy atom. The van der Waals surface area contributed by atoms with Crippen molar-refractivity contribution in [2.75, 3.05) is 20.3 Å². The van der Waals surface area contributed by atoms with Crippen LogP contribution in [-0.2, 0) is 11.4 Å². The van der Waals surface area contributed by atoms with Crippen molar-refractivity contribution in [3.05, 3.63) is 23.3 Å². The number of benzene rings is 1. The summed E-state index contributed by atoms with van der Waals surface area (Å²) < 4.78 is 11.2. The SMILES string of the molecule is CONCc1ccc(C=O)c2c1OCCCO2. The highest BCUT2D eigenvalue weighted by Gasteiger charge is 2.18. The van der Waals surface area contributed by atoms with Gasteiger partial charge in [-0.1, -0.05) is 6.07 Å². The fourth-order valence-corrected chi connectivity index (χ4v) is 1.72. The Morgan fingerprint density at radius 1 is 1.35 bits per heavy atom. The molecule has 5 nitrogen and oxygen atoms in total. The number of fused-ring (bicyclic) bond motifs is 1. The van der Waals surface area contributed by atoms with E-state index in [0.717, 1.165) is 18.3 Å². The molecule has 1 aliphatic rings. The predicted octanol–water partition coefficient (Wildman–Crippen LogP) is 1.31. The van der Waals surface area contributed by atoms with E-state index in [9.17, 15) is 4.79 Å². The van der Waals surface area contributed by atoms with Crippen LogP contribution < -0.4 is 15.0 Å². The molecule has 0 bridgehead atoms. The van der Waals surface area contributed by atoms with E-state index in [-0.39, 0.29) is 0 Å². The summed E-state index contributed by atoms with van der Waals surface area (Å²) in [4.78, 5) is 15.7. The second kappa shape index (κ2) is 5.65. The van der Waals surface area contributed by atoms with E-state index in [4.69, 9.17) is 14.3 Å². The first-order valence-corrected chi connectivity index (χ1v) is 5.49. The maximum Gasteiger partial charge on any atom is 0.171 e. The third kappa shape index (κ3) is 2.57. The van der Waals surface area contributed by atoms with Gasteiger partial charge in [-0.3, -0.25) is 4.79 Å². The van der Waals surface area contributed by atoms with E-state index >= 15 is 0 Å². The Kier molecular flexibility index (Phi) is 3.95. The van der Waals surface area contributed by atoms with Gasteiger partial charge in [0.1, 0.15) is 0 Å². The molecule has 0 radical (unpaired) electrons. The molecule has 0 amide bonds. The lowest BCUT2D eigenvalue weighted by Gasteiger charge is -2.14. The molecule has 0 saturated carbocycles. The van der Waals surface area contributed by atoms with Crippen LogP contribution in [0.3, 0.4) is 0 Å². The van der Waals surface area contributed by atoms with E-state index in [2.05, 4.69) is 5.48 Å². The van der Waals surface area contributed by atoms with Gasteiger partial charge >= 0.3 is 0 Å². The largest absolute Gasteiger partial charge is 0.489 e. The van der Waals surface area contributed by atoms with E-state index in [1.165, 1.54) is 0 Å². The monoisotopic (exact) mass is 237 g/mol. The van der Waals surface area contributed by atoms with Gasteiger partial charge < -0.3 is 14.3 Å². The molecule has 1 aromatic rings. The summed E-state index contributed by atoms with van der Waals surface area (Å²) in [5.74, 6) is 1.17. The molecule has 1 aromatic carbocycles. The fourth-order valence-electron chi connectivity index (χ4n) is 1.72. The molecule has 17 heavy (non-hydrogen) atoms. The second-order valence-corrected chi connectivity index (χ2v) is 3.67. The molecule has 1 N–H and O–H groups in total. The van der Waals surface area contributed by atoms with Crippen LogP contribution in [0.5, 0.6) is 11.5 Å². The normalized spacial score (nSPS) is 14.2. The maximum atomic E-state index is 10.9. The average Bonchev–Trinajstić information content (AvgIpc) is 2.61.